The number of fused-ring (bicyclic) bond motifs is 2. The number of piperidine rings is 1. The smallest absolute Gasteiger partial charge is 0.406 e. The first-order valence-corrected chi connectivity index (χ1v) is 13.3. The van der Waals surface area contributed by atoms with Crippen molar-refractivity contribution in [3.63, 3.8) is 0 Å². The van der Waals surface area contributed by atoms with E-state index in [1.165, 1.54) is 24.3 Å². The summed E-state index contributed by atoms with van der Waals surface area (Å²) in [4.78, 5) is 29.4. The molecule has 37 heavy (non-hydrogen) atoms. The van der Waals surface area contributed by atoms with Crippen LogP contribution in [0.1, 0.15) is 49.7 Å². The summed E-state index contributed by atoms with van der Waals surface area (Å²) >= 11 is 3.43. The van der Waals surface area contributed by atoms with E-state index in [1.54, 1.807) is 0 Å². The van der Waals surface area contributed by atoms with Crippen LogP contribution in [0.3, 0.4) is 0 Å². The molecule has 3 N–H and O–H groups in total. The number of rotatable bonds is 7. The molecule has 3 aliphatic rings. The van der Waals surface area contributed by atoms with E-state index in [0.29, 0.717) is 24.8 Å². The molecule has 4 atom stereocenters. The van der Waals surface area contributed by atoms with Crippen LogP contribution in [-0.2, 0) is 21.4 Å². The molecule has 3 fully saturated rings. The quantitative estimate of drug-likeness (QED) is 0.502. The van der Waals surface area contributed by atoms with E-state index in [0.717, 1.165) is 35.7 Å². The second kappa shape index (κ2) is 9.94. The van der Waals surface area contributed by atoms with Crippen LogP contribution in [-0.4, -0.2) is 47.2 Å². The van der Waals surface area contributed by atoms with Gasteiger partial charge in [-0.15, -0.1) is 13.2 Å². The lowest BCUT2D eigenvalue weighted by Gasteiger charge is -2.40. The molecule has 2 aliphatic heterocycles. The van der Waals surface area contributed by atoms with Crippen molar-refractivity contribution in [3.8, 4) is 5.75 Å². The molecule has 2 bridgehead atoms. The average Bonchev–Trinajstić information content (AvgIpc) is 3.60. The normalized spacial score (nSPS) is 24.9. The van der Waals surface area contributed by atoms with Gasteiger partial charge in [0.25, 0.3) is 0 Å². The molecule has 0 aromatic heterocycles. The minimum Gasteiger partial charge on any atom is -0.406 e. The van der Waals surface area contributed by atoms with Gasteiger partial charge in [-0.2, -0.15) is 0 Å². The lowest BCUT2D eigenvalue weighted by atomic mass is 9.93. The van der Waals surface area contributed by atoms with Crippen LogP contribution in [0.2, 0.25) is 0 Å². The Balaban J connectivity index is 1.36. The molecule has 5 rings (SSSR count). The Morgan fingerprint density at radius 1 is 1.05 bits per heavy atom. The van der Waals surface area contributed by atoms with Crippen LogP contribution in [0.5, 0.6) is 5.75 Å². The molecule has 2 aromatic rings. The van der Waals surface area contributed by atoms with Crippen LogP contribution >= 0.6 is 15.9 Å². The number of amides is 2. The number of ether oxygens (including phenoxy) is 1. The number of benzene rings is 2. The highest BCUT2D eigenvalue weighted by Gasteiger charge is 2.53. The molecule has 2 aromatic carbocycles. The molecular formula is C27H29BrF3N3O3. The molecule has 2 heterocycles. The van der Waals surface area contributed by atoms with Crippen molar-refractivity contribution in [2.45, 2.75) is 80.9 Å². The highest BCUT2D eigenvalue weighted by molar-refractivity contribution is 9.10. The zero-order chi connectivity index (χ0) is 26.4. The van der Waals surface area contributed by atoms with Gasteiger partial charge in [0.2, 0.25) is 11.8 Å². The fourth-order valence-electron chi connectivity index (χ4n) is 5.86. The van der Waals surface area contributed by atoms with Crippen molar-refractivity contribution < 1.29 is 27.5 Å². The van der Waals surface area contributed by atoms with Crippen molar-refractivity contribution in [1.82, 2.24) is 10.2 Å². The van der Waals surface area contributed by atoms with E-state index in [1.807, 2.05) is 29.2 Å². The van der Waals surface area contributed by atoms with Crippen LogP contribution in [0.4, 0.5) is 13.2 Å². The van der Waals surface area contributed by atoms with E-state index in [2.05, 4.69) is 26.0 Å². The van der Waals surface area contributed by atoms with Gasteiger partial charge in [-0.1, -0.05) is 40.2 Å². The number of carbonyl (C=O) groups excluding carboxylic acids is 2. The van der Waals surface area contributed by atoms with Gasteiger partial charge in [-0.05, 0) is 73.9 Å². The standard InChI is InChI=1S/C27H29BrF3N3O3/c28-18-5-1-16(2-6-18)13-23(24(35)34-20-7-8-21(34)15-19(32)14-20)33-25(36)26(11-12-26)17-3-9-22(10-4-17)37-27(29,30)31/h1-6,9-10,19-21,23H,7-8,11-15,32H2,(H,33,36)/t19?,20-,21+,23-/m0/s1. The van der Waals surface area contributed by atoms with E-state index >= 15 is 0 Å². The minimum absolute atomic E-state index is 0.0834. The third-order valence-electron chi connectivity index (χ3n) is 7.81. The maximum absolute atomic E-state index is 13.9. The van der Waals surface area contributed by atoms with Crippen LogP contribution < -0.4 is 15.8 Å². The minimum atomic E-state index is -4.78. The van der Waals surface area contributed by atoms with E-state index in [9.17, 15) is 22.8 Å². The number of nitrogens with two attached hydrogens (primary N) is 1. The van der Waals surface area contributed by atoms with Crippen molar-refractivity contribution in [1.29, 1.82) is 0 Å². The summed E-state index contributed by atoms with van der Waals surface area (Å²) in [5.41, 5.74) is 6.87. The Morgan fingerprint density at radius 3 is 2.19 bits per heavy atom. The molecule has 2 amide bonds. The Labute approximate surface area is 221 Å². The maximum Gasteiger partial charge on any atom is 0.573 e. The highest BCUT2D eigenvalue weighted by Crippen LogP contribution is 2.49. The molecule has 1 aliphatic carbocycles. The van der Waals surface area contributed by atoms with Gasteiger partial charge in [-0.25, -0.2) is 0 Å². The summed E-state index contributed by atoms with van der Waals surface area (Å²) in [7, 11) is 0. The molecule has 1 saturated carbocycles. The lowest BCUT2D eigenvalue weighted by molar-refractivity contribution is -0.274. The maximum atomic E-state index is 13.9. The van der Waals surface area contributed by atoms with Crippen LogP contribution in [0.25, 0.3) is 0 Å². The zero-order valence-electron chi connectivity index (χ0n) is 20.1. The Bertz CT molecular complexity index is 1140. The average molecular weight is 580 g/mol. The van der Waals surface area contributed by atoms with Gasteiger partial charge in [0.05, 0.1) is 5.41 Å². The lowest BCUT2D eigenvalue weighted by Crippen LogP contribution is -2.58. The zero-order valence-corrected chi connectivity index (χ0v) is 21.7. The van der Waals surface area contributed by atoms with Crippen molar-refractivity contribution in [2.75, 3.05) is 0 Å². The van der Waals surface area contributed by atoms with Gasteiger partial charge in [0.15, 0.2) is 0 Å². The van der Waals surface area contributed by atoms with Crippen molar-refractivity contribution >= 4 is 27.7 Å². The van der Waals surface area contributed by atoms with Gasteiger partial charge < -0.3 is 20.7 Å². The number of carbonyl (C=O) groups is 2. The second-order valence-electron chi connectivity index (χ2n) is 10.4. The van der Waals surface area contributed by atoms with Gasteiger partial charge in [0.1, 0.15) is 11.8 Å². The summed E-state index contributed by atoms with van der Waals surface area (Å²) in [5, 5.41) is 3.03. The van der Waals surface area contributed by atoms with Crippen molar-refractivity contribution in [2.24, 2.45) is 5.73 Å². The number of hydrogen-bond donors (Lipinski definition) is 2. The number of alkyl halides is 3. The summed E-state index contributed by atoms with van der Waals surface area (Å²) in [6.07, 6.45) is 0.0269. The number of hydrogen-bond acceptors (Lipinski definition) is 4. The third kappa shape index (κ3) is 5.65. The topological polar surface area (TPSA) is 84.7 Å². The fraction of sp³-hybridized carbons (Fsp3) is 0.481. The molecule has 198 valence electrons. The first-order valence-electron chi connectivity index (χ1n) is 12.5. The largest absolute Gasteiger partial charge is 0.573 e. The first kappa shape index (κ1) is 26.0. The van der Waals surface area contributed by atoms with E-state index in [-0.39, 0.29) is 35.7 Å². The summed E-state index contributed by atoms with van der Waals surface area (Å²) in [6, 6.07) is 12.6. The Hall–Kier alpha value is -2.59. The van der Waals surface area contributed by atoms with Crippen molar-refractivity contribution in [3.05, 3.63) is 64.1 Å². The number of nitrogens with zero attached hydrogens (tertiary/aromatic N) is 1. The predicted octanol–water partition coefficient (Wildman–Crippen LogP) is 4.59. The first-order chi connectivity index (χ1) is 17.5. The number of nitrogens with one attached hydrogen (secondary N) is 1. The van der Waals surface area contributed by atoms with Gasteiger partial charge in [-0.3, -0.25) is 9.59 Å². The van der Waals surface area contributed by atoms with Gasteiger partial charge >= 0.3 is 6.36 Å². The SMILES string of the molecule is NC1C[C@H]2CC[C@@H](C1)N2C(=O)[C@H](Cc1ccc(Br)cc1)NC(=O)C1(c2ccc(OC(F)(F)F)cc2)CC1. The summed E-state index contributed by atoms with van der Waals surface area (Å²) in [5.74, 6) is -0.719. The van der Waals surface area contributed by atoms with E-state index < -0.39 is 17.8 Å². The fourth-order valence-corrected chi connectivity index (χ4v) is 6.12. The molecule has 0 spiro atoms. The molecule has 2 saturated heterocycles. The van der Waals surface area contributed by atoms with E-state index in [4.69, 9.17) is 5.73 Å². The molecule has 6 nitrogen and oxygen atoms in total. The third-order valence-corrected chi connectivity index (χ3v) is 8.33. The van der Waals surface area contributed by atoms with Crippen LogP contribution in [0.15, 0.2) is 53.0 Å². The van der Waals surface area contributed by atoms with Gasteiger partial charge in [0, 0.05) is 29.0 Å². The highest BCUT2D eigenvalue weighted by atomic mass is 79.9. The molecule has 1 unspecified atom stereocenters. The Morgan fingerprint density at radius 2 is 1.65 bits per heavy atom. The predicted molar refractivity (Wildman–Crippen MR) is 135 cm³/mol. The Kier molecular flexibility index (Phi) is 7.00. The summed E-state index contributed by atoms with van der Waals surface area (Å²) < 4.78 is 42.5. The second-order valence-corrected chi connectivity index (χ2v) is 11.3. The number of halogens is 4. The molecular weight excluding hydrogens is 551 g/mol. The van der Waals surface area contributed by atoms with Crippen LogP contribution in [0, 0.1) is 0 Å². The summed E-state index contributed by atoms with van der Waals surface area (Å²) in [6.45, 7) is 0. The molecule has 0 radical (unpaired) electrons. The molecule has 10 heteroatoms. The monoisotopic (exact) mass is 579 g/mol.